The number of carbonyl (C=O) groups excluding carboxylic acids is 2. The Kier molecular flexibility index (Phi) is 41.2. The normalized spacial score (nSPS) is 33.9. The van der Waals surface area contributed by atoms with Crippen LogP contribution in [0.15, 0.2) is 224 Å². The second kappa shape index (κ2) is 43.8. The van der Waals surface area contributed by atoms with Gasteiger partial charge in [-0.05, 0) is 55.5 Å². The molecular formula is C35H50F36N24O7P24. The van der Waals surface area contributed by atoms with E-state index in [-0.39, 0.29) is 23.0 Å². The molecule has 4 aromatic carbocycles. The number of carbonyl (C=O) groups is 2. The lowest BCUT2D eigenvalue weighted by molar-refractivity contribution is -0.0987. The van der Waals surface area contributed by atoms with Crippen LogP contribution in [0.1, 0.15) is 5.56 Å². The van der Waals surface area contributed by atoms with Gasteiger partial charge in [-0.15, -0.1) is 172 Å². The molecule has 12 atom stereocenters. The molecule has 0 saturated heterocycles. The van der Waals surface area contributed by atoms with Gasteiger partial charge in [-0.25, -0.2) is 0 Å². The van der Waals surface area contributed by atoms with Crippen LogP contribution in [0.3, 0.4) is 0 Å². The van der Waals surface area contributed by atoms with Crippen molar-refractivity contribution in [2.75, 3.05) is 53.0 Å². The van der Waals surface area contributed by atoms with E-state index in [9.17, 15) is 151 Å². The summed E-state index contributed by atoms with van der Waals surface area (Å²) in [5, 5.41) is 8.40. The summed E-state index contributed by atoms with van der Waals surface area (Å²) in [5.41, 5.74) is 0.807. The monoisotopic (exact) mass is 2350 g/mol. The van der Waals surface area contributed by atoms with Crippen LogP contribution in [0, 0.1) is 6.92 Å². The summed E-state index contributed by atoms with van der Waals surface area (Å²) in [6, 6.07) is 27.2. The molecule has 0 bridgehead atoms. The van der Waals surface area contributed by atoms with E-state index in [0.717, 1.165) is 32.2 Å². The molecule has 0 saturated carbocycles. The van der Waals surface area contributed by atoms with E-state index in [1.54, 1.807) is 25.1 Å². The van der Waals surface area contributed by atoms with Gasteiger partial charge in [0.15, 0.2) is 0 Å². The zero-order valence-electron chi connectivity index (χ0n) is 61.6. The number of hydrogen-bond acceptors (Lipinski definition) is 31. The number of aryl methyl sites for hydroxylation is 1. The van der Waals surface area contributed by atoms with E-state index in [2.05, 4.69) is 99.4 Å². The Morgan fingerprint density at radius 3 is 0.595 bits per heavy atom. The van der Waals surface area contributed by atoms with Crippen molar-refractivity contribution in [2.24, 2.45) is 108 Å². The van der Waals surface area contributed by atoms with Crippen molar-refractivity contribution in [3.63, 3.8) is 0 Å². The standard InChI is InChI=1S/C7H7F5N3OP3.2C7H8F4N3OP3.C6H5F5N3OP3.C2H6F4N3OP3.C2H6F4N3P3.2CH3F5N3P3.2CH2O/c1-6-2-4-7(5-3-6)16-19(12)14-17(8,9)13-18(10,11)15-19;2*1-16(8)12-17(9,10)14-18(11,13-16)15-7-5-3-2-4-6-7;7-16(8)12-17(9,10)14-18(11,13-16)15-6-4-2-1-3-5-6;1-11(3)7-12(4,2-10)9-13(5,6)8-11;1-10(3)7-11(2,4)9-12(5,6)8-10;2*1-10(2)7-11(3,4)9-12(5,6)8-10;2*1-2/h2-5H,1H3;2*2-6H,1H3;1-5H;10H,2H2,1H3;1-2H3;2*1H3;2*1H2. The van der Waals surface area contributed by atoms with Gasteiger partial charge in [0.1, 0.15) is 42.9 Å². The number of para-hydroxylation sites is 3. The third-order valence-electron chi connectivity index (χ3n) is 10.3. The zero-order chi connectivity index (χ0) is 97.8. The topological polar surface area (TPSA) is 388 Å². The predicted molar refractivity (Wildman–Crippen MR) is 440 cm³/mol. The van der Waals surface area contributed by atoms with Gasteiger partial charge in [0.05, 0.1) is 0 Å². The SMILES string of the molecule is C=O.C=O.CP1(F)=NP(C)(F)=NP(F)(F)=N1.CP1(F)=NP(F)(F)=NP(F)(CO)=N1.CP1(F)=NP(F)(F)=NP(F)(F)=N1.CP1(F)=NP(F)(F)=NP(F)(F)=N1.CP1(F)=NP(F)(Oc2ccccc2)=NP(F)(F)=N1.CP1(F)=NP(F)(Oc2ccccc2)=NP(F)(F)=N1.Cc1ccc(OP2(F)=NP(F)(F)=NP(F)(F)=N2)cc1.FP1(F)=NP(F)(F)=NP(F)(Oc2ccccc2)=N1. The number of benzene rings is 4. The summed E-state index contributed by atoms with van der Waals surface area (Å²) in [6.45, 7) is 10.7. The Hall–Kier alpha value is -1.62. The molecule has 8 heterocycles. The lowest BCUT2D eigenvalue weighted by Crippen LogP contribution is -1.87. The molecular weight excluding hydrogens is 2300 g/mol. The molecule has 126 heavy (non-hydrogen) atoms. The van der Waals surface area contributed by atoms with Crippen LogP contribution in [0.5, 0.6) is 23.0 Å². The van der Waals surface area contributed by atoms with Gasteiger partial charge in [0.2, 0.25) is 37.6 Å². The molecule has 4 aromatic rings. The average Bonchev–Trinajstić information content (AvgIpc) is 0.787. The lowest BCUT2D eigenvalue weighted by atomic mass is 10.2. The summed E-state index contributed by atoms with van der Waals surface area (Å²) in [6.07, 6.45) is -1.28. The Morgan fingerprint density at radius 1 is 0.214 bits per heavy atom. The fourth-order valence-electron chi connectivity index (χ4n) is 7.41. The van der Waals surface area contributed by atoms with Crippen molar-refractivity contribution in [1.82, 2.24) is 0 Å². The molecule has 91 heteroatoms. The minimum absolute atomic E-state index is 0.0252. The molecule has 1 N–H and O–H groups in total. The number of hydrogen-bond donors (Lipinski definition) is 1. The van der Waals surface area contributed by atoms with Crippen molar-refractivity contribution in [3.05, 3.63) is 121 Å². The summed E-state index contributed by atoms with van der Waals surface area (Å²) < 4.78 is 541. The van der Waals surface area contributed by atoms with Crippen LogP contribution in [-0.2, 0) is 9.59 Å². The Morgan fingerprint density at radius 2 is 0.389 bits per heavy atom. The minimum Gasteiger partial charge on any atom is -0.419 e. The maximum Gasteiger partial charge on any atom is 0.441 e. The molecule has 0 aromatic heterocycles. The largest absolute Gasteiger partial charge is 0.441 e. The number of halogens is 36. The van der Waals surface area contributed by atoms with Crippen molar-refractivity contribution in [2.45, 2.75) is 6.92 Å². The van der Waals surface area contributed by atoms with E-state index >= 15 is 0 Å². The lowest BCUT2D eigenvalue weighted by Gasteiger charge is -2.18. The van der Waals surface area contributed by atoms with Crippen LogP contribution in [0.25, 0.3) is 0 Å². The van der Waals surface area contributed by atoms with Crippen molar-refractivity contribution >= 4 is 199 Å². The van der Waals surface area contributed by atoms with Gasteiger partial charge in [-0.3, -0.25) is 0 Å². The van der Waals surface area contributed by atoms with Crippen molar-refractivity contribution < 1.29 is 184 Å². The fraction of sp³-hybridized carbons (Fsp3) is 0.257. The van der Waals surface area contributed by atoms with Crippen LogP contribution < -0.4 is 18.1 Å². The molecule has 0 amide bonds. The molecule has 8 aliphatic heterocycles. The number of rotatable bonds is 9. The highest BCUT2D eigenvalue weighted by atomic mass is 31.3. The first-order valence-electron chi connectivity index (χ1n) is 29.6. The van der Waals surface area contributed by atoms with Gasteiger partial charge in [0, 0.05) is 46.7 Å². The molecule has 724 valence electrons. The highest BCUT2D eigenvalue weighted by Crippen LogP contribution is 2.88. The zero-order valence-corrected chi connectivity index (χ0v) is 83.0. The smallest absolute Gasteiger partial charge is 0.419 e. The predicted octanol–water partition coefficient (Wildman–Crippen LogP) is 46.9. The van der Waals surface area contributed by atoms with Gasteiger partial charge >= 0.3 is 125 Å². The molecule has 31 nitrogen and oxygen atoms in total. The molecule has 12 unspecified atom stereocenters. The molecule has 8 aliphatic rings. The highest BCUT2D eigenvalue weighted by Gasteiger charge is 2.46. The van der Waals surface area contributed by atoms with Gasteiger partial charge in [-0.1, -0.05) is 72.3 Å². The maximum atomic E-state index is 14.1. The minimum atomic E-state index is -5.72. The van der Waals surface area contributed by atoms with Crippen LogP contribution in [0.2, 0.25) is 0 Å². The second-order valence-electron chi connectivity index (χ2n) is 22.1. The van der Waals surface area contributed by atoms with E-state index in [4.69, 9.17) is 23.7 Å². The van der Waals surface area contributed by atoms with Gasteiger partial charge in [0.25, 0.3) is 22.5 Å². The Labute approximate surface area is 691 Å². The quantitative estimate of drug-likeness (QED) is 0.124. The Bertz CT molecular complexity index is 5530. The highest BCUT2D eigenvalue weighted by molar-refractivity contribution is 7.84. The van der Waals surface area contributed by atoms with E-state index in [1.165, 1.54) is 97.1 Å². The van der Waals surface area contributed by atoms with E-state index in [0.29, 0.717) is 20.0 Å². The molecule has 12 rings (SSSR count). The third kappa shape index (κ3) is 45.4. The molecule has 0 fully saturated rings. The van der Waals surface area contributed by atoms with Crippen molar-refractivity contribution in [3.8, 4) is 23.0 Å². The van der Waals surface area contributed by atoms with Crippen LogP contribution >= 0.6 is 185 Å². The fourth-order valence-corrected chi connectivity index (χ4v) is 55.3. The van der Waals surface area contributed by atoms with E-state index in [1.807, 2.05) is 31.6 Å². The third-order valence-corrected chi connectivity index (χ3v) is 60.7. The molecule has 0 radical (unpaired) electrons. The molecule has 0 aliphatic carbocycles. The maximum absolute atomic E-state index is 14.1. The first kappa shape index (κ1) is 119. The number of nitrogens with zero attached hydrogens (tertiary/aromatic N) is 24. The summed E-state index contributed by atoms with van der Waals surface area (Å²) >= 11 is 0. The van der Waals surface area contributed by atoms with Gasteiger partial charge in [-0.2, -0.15) is 87.8 Å². The summed E-state index contributed by atoms with van der Waals surface area (Å²) in [5.74, 6) is -0.427. The Balaban J connectivity index is 0.000000372. The summed E-state index contributed by atoms with van der Waals surface area (Å²) in [4.78, 5) is 16.0. The first-order chi connectivity index (χ1) is 56.2. The second-order valence-corrected chi connectivity index (χ2v) is 67.6. The number of aliphatic hydroxyl groups excluding tert-OH is 1. The van der Waals surface area contributed by atoms with Gasteiger partial charge < -0.3 is 32.8 Å². The van der Waals surface area contributed by atoms with E-state index < -0.39 is 191 Å². The van der Waals surface area contributed by atoms with Crippen molar-refractivity contribution in [1.29, 1.82) is 0 Å². The molecule has 0 spiro atoms. The average molecular weight is 2350 g/mol. The van der Waals surface area contributed by atoms with Crippen LogP contribution in [0.4, 0.5) is 151 Å². The number of aliphatic hydroxyl groups is 1. The summed E-state index contributed by atoms with van der Waals surface area (Å²) in [7, 11) is -119. The van der Waals surface area contributed by atoms with Crippen LogP contribution in [-0.4, -0.2) is 71.7 Å². The first-order valence-corrected chi connectivity index (χ1v) is 69.3.